The highest BCUT2D eigenvalue weighted by Crippen LogP contribution is 2.20. The van der Waals surface area contributed by atoms with Gasteiger partial charge in [0, 0.05) is 32.5 Å². The number of carbonyl (C=O) groups is 1. The van der Waals surface area contributed by atoms with Crippen LogP contribution in [0.15, 0.2) is 10.6 Å². The van der Waals surface area contributed by atoms with Gasteiger partial charge in [0.1, 0.15) is 11.9 Å². The molecule has 118 valence electrons. The van der Waals surface area contributed by atoms with Crippen molar-refractivity contribution in [2.24, 2.45) is 7.05 Å². The first-order valence-electron chi connectivity index (χ1n) is 6.86. The van der Waals surface area contributed by atoms with Crippen LogP contribution in [0, 0.1) is 0 Å². The summed E-state index contributed by atoms with van der Waals surface area (Å²) in [5, 5.41) is 15.2. The van der Waals surface area contributed by atoms with Crippen molar-refractivity contribution in [1.82, 2.24) is 30.3 Å². The number of rotatable bonds is 4. The van der Waals surface area contributed by atoms with Crippen molar-refractivity contribution in [3.8, 4) is 0 Å². The maximum Gasteiger partial charge on any atom is 0.223 e. The molecule has 22 heavy (non-hydrogen) atoms. The number of aryl methyl sites for hydroxylation is 2. The van der Waals surface area contributed by atoms with Gasteiger partial charge in [0.2, 0.25) is 5.91 Å². The number of aromatic nitrogens is 5. The molecule has 0 N–H and O–H groups in total. The zero-order chi connectivity index (χ0) is 15.5. The van der Waals surface area contributed by atoms with Crippen LogP contribution in [0.2, 0.25) is 5.15 Å². The van der Waals surface area contributed by atoms with E-state index in [0.29, 0.717) is 49.3 Å². The molecule has 2 aromatic rings. The second kappa shape index (κ2) is 6.41. The molecular weight excluding hydrogens is 312 g/mol. The molecule has 9 nitrogen and oxygen atoms in total. The summed E-state index contributed by atoms with van der Waals surface area (Å²) in [6, 6.07) is 1.61. The molecule has 1 aliphatic heterocycles. The van der Waals surface area contributed by atoms with Gasteiger partial charge >= 0.3 is 0 Å². The van der Waals surface area contributed by atoms with E-state index in [1.54, 1.807) is 22.7 Å². The van der Waals surface area contributed by atoms with E-state index in [4.69, 9.17) is 20.9 Å². The highest BCUT2D eigenvalue weighted by molar-refractivity contribution is 6.29. The lowest BCUT2D eigenvalue weighted by atomic mass is 10.2. The lowest BCUT2D eigenvalue weighted by Crippen LogP contribution is -2.43. The Labute approximate surface area is 131 Å². The summed E-state index contributed by atoms with van der Waals surface area (Å²) in [5.41, 5.74) is 0. The normalized spacial score (nSPS) is 18.6. The minimum atomic E-state index is -0.308. The minimum absolute atomic E-state index is 0.0240. The fraction of sp³-hybridized carbons (Fsp3) is 0.583. The van der Waals surface area contributed by atoms with Gasteiger partial charge in [0.05, 0.1) is 13.2 Å². The first-order chi connectivity index (χ1) is 10.6. The third-order valence-electron chi connectivity index (χ3n) is 3.48. The summed E-state index contributed by atoms with van der Waals surface area (Å²) >= 11 is 5.68. The van der Waals surface area contributed by atoms with Gasteiger partial charge in [-0.1, -0.05) is 16.8 Å². The van der Waals surface area contributed by atoms with Crippen molar-refractivity contribution in [1.29, 1.82) is 0 Å². The predicted octanol–water partition coefficient (Wildman–Crippen LogP) is 0.384. The van der Waals surface area contributed by atoms with E-state index in [2.05, 4.69) is 20.7 Å². The average molecular weight is 327 g/mol. The molecule has 0 spiro atoms. The fourth-order valence-corrected chi connectivity index (χ4v) is 2.49. The molecule has 3 heterocycles. The van der Waals surface area contributed by atoms with E-state index >= 15 is 0 Å². The summed E-state index contributed by atoms with van der Waals surface area (Å²) in [4.78, 5) is 14.0. The first kappa shape index (κ1) is 14.9. The third kappa shape index (κ3) is 3.25. The Kier molecular flexibility index (Phi) is 4.34. The Hall–Kier alpha value is -2.00. The second-order valence-corrected chi connectivity index (χ2v) is 5.36. The smallest absolute Gasteiger partial charge is 0.223 e. The zero-order valence-corrected chi connectivity index (χ0v) is 12.7. The van der Waals surface area contributed by atoms with E-state index in [1.165, 1.54) is 0 Å². The Morgan fingerprint density at radius 2 is 2.41 bits per heavy atom. The van der Waals surface area contributed by atoms with Crippen molar-refractivity contribution in [2.45, 2.75) is 18.9 Å². The SMILES string of the molecule is Cn1nnnc1C1CN(C(=O)CCc2cc(Cl)no2)CCO1. The maximum absolute atomic E-state index is 12.3. The number of tetrazole rings is 1. The highest BCUT2D eigenvalue weighted by atomic mass is 35.5. The Morgan fingerprint density at radius 3 is 3.09 bits per heavy atom. The molecule has 1 aliphatic rings. The van der Waals surface area contributed by atoms with Gasteiger partial charge in [-0.2, -0.15) is 0 Å². The number of morpholine rings is 1. The van der Waals surface area contributed by atoms with Crippen molar-refractivity contribution < 1.29 is 14.1 Å². The molecule has 0 saturated carbocycles. The molecule has 1 atom stereocenters. The molecule has 0 bridgehead atoms. The lowest BCUT2D eigenvalue weighted by molar-refractivity contribution is -0.139. The standard InChI is InChI=1S/C12H15ClN6O3/c1-18-12(14-16-17-18)9-7-19(4-5-21-9)11(20)3-2-8-6-10(13)15-22-8/h6,9H,2-5,7H2,1H3. The molecular formula is C12H15ClN6O3. The number of ether oxygens (including phenoxy) is 1. The number of halogens is 1. The number of hydrogen-bond donors (Lipinski definition) is 0. The highest BCUT2D eigenvalue weighted by Gasteiger charge is 2.28. The molecule has 0 aromatic carbocycles. The van der Waals surface area contributed by atoms with Crippen molar-refractivity contribution in [3.05, 3.63) is 22.8 Å². The molecule has 1 amide bonds. The second-order valence-electron chi connectivity index (χ2n) is 4.98. The largest absolute Gasteiger partial charge is 0.366 e. The quantitative estimate of drug-likeness (QED) is 0.801. The number of amides is 1. The van der Waals surface area contributed by atoms with Crippen molar-refractivity contribution >= 4 is 17.5 Å². The number of nitrogens with zero attached hydrogens (tertiary/aromatic N) is 6. The minimum Gasteiger partial charge on any atom is -0.366 e. The fourth-order valence-electron chi connectivity index (χ4n) is 2.33. The zero-order valence-electron chi connectivity index (χ0n) is 12.0. The van der Waals surface area contributed by atoms with Crippen LogP contribution < -0.4 is 0 Å². The maximum atomic E-state index is 12.3. The summed E-state index contributed by atoms with van der Waals surface area (Å²) in [7, 11) is 1.74. The average Bonchev–Trinajstić information content (AvgIpc) is 3.13. The van der Waals surface area contributed by atoms with Crippen LogP contribution >= 0.6 is 11.6 Å². The van der Waals surface area contributed by atoms with E-state index in [1.807, 2.05) is 0 Å². The third-order valence-corrected chi connectivity index (χ3v) is 3.65. The Morgan fingerprint density at radius 1 is 1.55 bits per heavy atom. The Balaban J connectivity index is 1.57. The van der Waals surface area contributed by atoms with E-state index in [-0.39, 0.29) is 12.0 Å². The van der Waals surface area contributed by atoms with Crippen molar-refractivity contribution in [3.63, 3.8) is 0 Å². The van der Waals surface area contributed by atoms with Gasteiger partial charge in [-0.3, -0.25) is 4.79 Å². The van der Waals surface area contributed by atoms with E-state index < -0.39 is 0 Å². The molecule has 1 saturated heterocycles. The van der Waals surface area contributed by atoms with Gasteiger partial charge in [0.15, 0.2) is 11.0 Å². The summed E-state index contributed by atoms with van der Waals surface area (Å²) in [6.45, 7) is 1.44. The van der Waals surface area contributed by atoms with Crippen molar-refractivity contribution in [2.75, 3.05) is 19.7 Å². The Bertz CT molecular complexity index is 657. The van der Waals surface area contributed by atoms with Gasteiger partial charge in [-0.15, -0.1) is 5.10 Å². The molecule has 1 unspecified atom stereocenters. The van der Waals surface area contributed by atoms with Gasteiger partial charge in [0.25, 0.3) is 0 Å². The number of hydrogen-bond acceptors (Lipinski definition) is 7. The van der Waals surface area contributed by atoms with Gasteiger partial charge < -0.3 is 14.2 Å². The van der Waals surface area contributed by atoms with E-state index in [0.717, 1.165) is 0 Å². The van der Waals surface area contributed by atoms with Crippen LogP contribution in [0.1, 0.15) is 24.1 Å². The summed E-state index contributed by atoms with van der Waals surface area (Å²) < 4.78 is 12.2. The molecule has 2 aromatic heterocycles. The molecule has 0 radical (unpaired) electrons. The topological polar surface area (TPSA) is 99.2 Å². The van der Waals surface area contributed by atoms with E-state index in [9.17, 15) is 4.79 Å². The molecule has 10 heteroatoms. The lowest BCUT2D eigenvalue weighted by Gasteiger charge is -2.32. The van der Waals surface area contributed by atoms with Crippen LogP contribution in [0.4, 0.5) is 0 Å². The predicted molar refractivity (Wildman–Crippen MR) is 73.9 cm³/mol. The molecule has 0 aliphatic carbocycles. The molecule has 3 rings (SSSR count). The van der Waals surface area contributed by atoms with Crippen LogP contribution in [-0.4, -0.2) is 55.9 Å². The van der Waals surface area contributed by atoms with Gasteiger partial charge in [-0.05, 0) is 10.4 Å². The van der Waals surface area contributed by atoms with Gasteiger partial charge in [-0.25, -0.2) is 4.68 Å². The molecule has 1 fully saturated rings. The van der Waals surface area contributed by atoms with Crippen LogP contribution in [-0.2, 0) is 23.0 Å². The van der Waals surface area contributed by atoms with Crippen LogP contribution in [0.3, 0.4) is 0 Å². The van der Waals surface area contributed by atoms with Crippen LogP contribution in [0.5, 0.6) is 0 Å². The number of carbonyl (C=O) groups excluding carboxylic acids is 1. The summed E-state index contributed by atoms with van der Waals surface area (Å²) in [6.07, 6.45) is 0.485. The monoisotopic (exact) mass is 326 g/mol. The first-order valence-corrected chi connectivity index (χ1v) is 7.24. The van der Waals surface area contributed by atoms with Crippen LogP contribution in [0.25, 0.3) is 0 Å². The summed E-state index contributed by atoms with van der Waals surface area (Å²) in [5.74, 6) is 1.23.